The molecular formula is C25H30F2O6. The molecule has 2 atom stereocenters. The molecule has 0 saturated carbocycles. The lowest BCUT2D eigenvalue weighted by atomic mass is 9.93. The maximum Gasteiger partial charge on any atom is 0.333 e. The number of esters is 1. The predicted molar refractivity (Wildman–Crippen MR) is 121 cm³/mol. The Morgan fingerprint density at radius 1 is 1.03 bits per heavy atom. The van der Waals surface area contributed by atoms with Crippen molar-refractivity contribution >= 4 is 18.2 Å². The minimum atomic E-state index is -1.30. The van der Waals surface area contributed by atoms with Gasteiger partial charge in [-0.2, -0.15) is 0 Å². The lowest BCUT2D eigenvalue weighted by molar-refractivity contribution is -0.146. The van der Waals surface area contributed by atoms with Gasteiger partial charge in [0.1, 0.15) is 11.6 Å². The molecule has 0 amide bonds. The van der Waals surface area contributed by atoms with E-state index in [0.29, 0.717) is 24.9 Å². The van der Waals surface area contributed by atoms with Crippen molar-refractivity contribution < 1.29 is 38.1 Å². The van der Waals surface area contributed by atoms with E-state index in [2.05, 4.69) is 11.3 Å². The molecule has 0 saturated heterocycles. The third-order valence-electron chi connectivity index (χ3n) is 4.39. The first-order valence-corrected chi connectivity index (χ1v) is 10.3. The Bertz CT molecular complexity index is 913. The average Bonchev–Trinajstić information content (AvgIpc) is 2.80. The Labute approximate surface area is 192 Å². The van der Waals surface area contributed by atoms with Crippen molar-refractivity contribution in [3.63, 3.8) is 0 Å². The summed E-state index contributed by atoms with van der Waals surface area (Å²) in [7, 11) is 0. The minimum Gasteiger partial charge on any atom is -0.481 e. The number of halogens is 2. The number of aldehydes is 1. The Kier molecular flexibility index (Phi) is 14.6. The number of carbonyl (C=O) groups excluding carboxylic acids is 2. The number of benzene rings is 2. The van der Waals surface area contributed by atoms with Crippen molar-refractivity contribution in [1.29, 1.82) is 0 Å². The molecule has 2 rings (SSSR count). The highest BCUT2D eigenvalue weighted by Crippen LogP contribution is 2.26. The Balaban J connectivity index is 0.000000493. The van der Waals surface area contributed by atoms with Crippen LogP contribution in [-0.4, -0.2) is 35.0 Å². The molecule has 0 aromatic heterocycles. The molecular weight excluding hydrogens is 434 g/mol. The molecule has 0 aliphatic carbocycles. The Morgan fingerprint density at radius 2 is 1.58 bits per heavy atom. The van der Waals surface area contributed by atoms with Gasteiger partial charge < -0.3 is 14.9 Å². The second-order valence-corrected chi connectivity index (χ2v) is 6.64. The van der Waals surface area contributed by atoms with Gasteiger partial charge in [0, 0.05) is 11.1 Å². The molecule has 0 spiro atoms. The van der Waals surface area contributed by atoms with Crippen molar-refractivity contribution in [2.24, 2.45) is 5.92 Å². The third-order valence-corrected chi connectivity index (χ3v) is 4.39. The molecule has 0 bridgehead atoms. The molecule has 6 nitrogen and oxygen atoms in total. The average molecular weight is 465 g/mol. The summed E-state index contributed by atoms with van der Waals surface area (Å²) in [4.78, 5) is 31.4. The highest BCUT2D eigenvalue weighted by molar-refractivity contribution is 5.87. The lowest BCUT2D eigenvalue weighted by Gasteiger charge is -2.18. The number of rotatable bonds is 8. The maximum absolute atomic E-state index is 13.2. The fourth-order valence-corrected chi connectivity index (χ4v) is 2.41. The zero-order valence-electron chi connectivity index (χ0n) is 19.0. The van der Waals surface area contributed by atoms with E-state index < -0.39 is 29.6 Å². The first-order valence-electron chi connectivity index (χ1n) is 10.3. The minimum absolute atomic E-state index is 0.0340. The van der Waals surface area contributed by atoms with Gasteiger partial charge in [-0.3, -0.25) is 9.59 Å². The van der Waals surface area contributed by atoms with Crippen LogP contribution < -0.4 is 0 Å². The van der Waals surface area contributed by atoms with Gasteiger partial charge in [0.25, 0.3) is 0 Å². The molecule has 180 valence electrons. The predicted octanol–water partition coefficient (Wildman–Crippen LogP) is 5.12. The van der Waals surface area contributed by atoms with Crippen molar-refractivity contribution in [1.82, 2.24) is 0 Å². The largest absolute Gasteiger partial charge is 0.481 e. The van der Waals surface area contributed by atoms with Gasteiger partial charge >= 0.3 is 11.9 Å². The van der Waals surface area contributed by atoms with Crippen molar-refractivity contribution in [3.8, 4) is 0 Å². The van der Waals surface area contributed by atoms with Gasteiger partial charge in [-0.15, -0.1) is 0 Å². The van der Waals surface area contributed by atoms with Crippen LogP contribution in [0.5, 0.6) is 0 Å². The number of aliphatic carboxylic acids is 1. The fraction of sp³-hybridized carbons (Fsp3) is 0.320. The number of carboxylic acid groups (broad SMARTS) is 1. The summed E-state index contributed by atoms with van der Waals surface area (Å²) in [5.41, 5.74) is 0.682. The van der Waals surface area contributed by atoms with Crippen molar-refractivity contribution in [3.05, 3.63) is 83.4 Å². The van der Waals surface area contributed by atoms with Crippen LogP contribution in [0.25, 0.3) is 0 Å². The molecule has 0 aliphatic rings. The topological polar surface area (TPSA) is 101 Å². The van der Waals surface area contributed by atoms with E-state index in [-0.39, 0.29) is 23.5 Å². The molecule has 0 heterocycles. The molecule has 2 aromatic carbocycles. The second-order valence-electron chi connectivity index (χ2n) is 6.64. The SMILES string of the molecule is C=C(CC)C(=O)OCC.CC[C@@H](C(=O)O)[C@H](O)c1ccccc1F.O=Cc1ccccc1F. The van der Waals surface area contributed by atoms with E-state index >= 15 is 0 Å². The van der Waals surface area contributed by atoms with E-state index in [4.69, 9.17) is 5.11 Å². The summed E-state index contributed by atoms with van der Waals surface area (Å²) in [5, 5.41) is 18.5. The first-order chi connectivity index (χ1) is 15.6. The van der Waals surface area contributed by atoms with Gasteiger partial charge in [0.05, 0.1) is 24.2 Å². The van der Waals surface area contributed by atoms with E-state index in [1.807, 2.05) is 6.92 Å². The maximum atomic E-state index is 13.2. The summed E-state index contributed by atoms with van der Waals surface area (Å²) in [6, 6.07) is 11.5. The van der Waals surface area contributed by atoms with Gasteiger partial charge in [-0.25, -0.2) is 13.6 Å². The smallest absolute Gasteiger partial charge is 0.333 e. The fourth-order valence-electron chi connectivity index (χ4n) is 2.41. The molecule has 0 aliphatic heterocycles. The van der Waals surface area contributed by atoms with E-state index in [0.717, 1.165) is 0 Å². The summed E-state index contributed by atoms with van der Waals surface area (Å²) >= 11 is 0. The van der Waals surface area contributed by atoms with Crippen LogP contribution in [0.2, 0.25) is 0 Å². The van der Waals surface area contributed by atoms with Crippen LogP contribution in [0.4, 0.5) is 8.78 Å². The van der Waals surface area contributed by atoms with Crippen LogP contribution in [0, 0.1) is 17.6 Å². The highest BCUT2D eigenvalue weighted by Gasteiger charge is 2.27. The van der Waals surface area contributed by atoms with E-state index in [1.54, 1.807) is 32.0 Å². The number of hydrogen-bond donors (Lipinski definition) is 2. The van der Waals surface area contributed by atoms with Gasteiger partial charge in [0.2, 0.25) is 0 Å². The highest BCUT2D eigenvalue weighted by atomic mass is 19.1. The van der Waals surface area contributed by atoms with Crippen LogP contribution >= 0.6 is 0 Å². The zero-order chi connectivity index (χ0) is 25.4. The standard InChI is InChI=1S/C11H13FO3.C7H5FO.C7H12O2/c1-2-7(11(14)15)10(13)8-5-3-4-6-9(8)12;8-7-4-2-1-3-6(7)5-9;1-4-6(3)7(8)9-5-2/h3-7,10,13H,2H2,1H3,(H,14,15);1-5H;3-5H2,1-2H3/t7-,10+;;/m1../s1. The van der Waals surface area contributed by atoms with Crippen molar-refractivity contribution in [2.45, 2.75) is 39.7 Å². The second kappa shape index (κ2) is 16.3. The van der Waals surface area contributed by atoms with Crippen LogP contribution in [0.1, 0.15) is 55.6 Å². The molecule has 33 heavy (non-hydrogen) atoms. The third kappa shape index (κ3) is 10.7. The number of ether oxygens (including phenoxy) is 1. The van der Waals surface area contributed by atoms with E-state index in [1.165, 1.54) is 30.3 Å². The Hall–Kier alpha value is -3.39. The number of carboxylic acids is 1. The molecule has 8 heteroatoms. The summed E-state index contributed by atoms with van der Waals surface area (Å²) in [5.74, 6) is -3.41. The quantitative estimate of drug-likeness (QED) is 0.319. The van der Waals surface area contributed by atoms with Gasteiger partial charge in [-0.05, 0) is 38.0 Å². The summed E-state index contributed by atoms with van der Waals surface area (Å²) in [6.07, 6.45) is 0.118. The number of aliphatic hydroxyl groups excluding tert-OH is 1. The summed E-state index contributed by atoms with van der Waals surface area (Å²) < 4.78 is 30.3. The molecule has 0 fully saturated rings. The monoisotopic (exact) mass is 464 g/mol. The molecule has 0 radical (unpaired) electrons. The first kappa shape index (κ1) is 29.6. The molecule has 0 unspecified atom stereocenters. The molecule has 2 aromatic rings. The van der Waals surface area contributed by atoms with Crippen molar-refractivity contribution in [2.75, 3.05) is 6.61 Å². The number of aliphatic hydroxyl groups is 1. The van der Waals surface area contributed by atoms with E-state index in [9.17, 15) is 28.3 Å². The normalized spacial score (nSPS) is 11.5. The van der Waals surface area contributed by atoms with Crippen LogP contribution in [-0.2, 0) is 14.3 Å². The number of hydrogen-bond acceptors (Lipinski definition) is 5. The lowest BCUT2D eigenvalue weighted by Crippen LogP contribution is -2.21. The summed E-state index contributed by atoms with van der Waals surface area (Å²) in [6.45, 7) is 9.24. The zero-order valence-corrected chi connectivity index (χ0v) is 19.0. The van der Waals surface area contributed by atoms with Gasteiger partial charge in [0.15, 0.2) is 6.29 Å². The van der Waals surface area contributed by atoms with Crippen LogP contribution in [0.15, 0.2) is 60.7 Å². The number of carbonyl (C=O) groups is 3. The molecule has 2 N–H and O–H groups in total. The Morgan fingerprint density at radius 3 is 1.97 bits per heavy atom. The van der Waals surface area contributed by atoms with Gasteiger partial charge in [-0.1, -0.05) is 50.8 Å². The van der Waals surface area contributed by atoms with Crippen LogP contribution in [0.3, 0.4) is 0 Å².